The van der Waals surface area contributed by atoms with Gasteiger partial charge in [0.1, 0.15) is 0 Å². The molecule has 102 valence electrons. The molecule has 3 N–H and O–H groups in total. The van der Waals surface area contributed by atoms with Crippen molar-refractivity contribution in [2.24, 2.45) is 18.8 Å². The molecule has 0 aromatic carbocycles. The maximum atomic E-state index is 5.68. The summed E-state index contributed by atoms with van der Waals surface area (Å²) in [7, 11) is 1.96. The Bertz CT molecular complexity index is 347. The van der Waals surface area contributed by atoms with Crippen LogP contribution in [0.5, 0.6) is 0 Å². The SMILES string of the molecule is Cn1cc(CCC(CC2CCSCC2)NN)cn1. The molecular weight excluding hydrogens is 244 g/mol. The van der Waals surface area contributed by atoms with Crippen LogP contribution in [0.1, 0.15) is 31.2 Å². The predicted octanol–water partition coefficient (Wildman–Crippen LogP) is 1.72. The number of nitrogens with two attached hydrogens (primary N) is 1. The van der Waals surface area contributed by atoms with Crippen molar-refractivity contribution in [1.29, 1.82) is 0 Å². The Labute approximate surface area is 114 Å². The van der Waals surface area contributed by atoms with Crippen LogP contribution < -0.4 is 11.3 Å². The van der Waals surface area contributed by atoms with Crippen molar-refractivity contribution < 1.29 is 0 Å². The Morgan fingerprint density at radius 1 is 1.56 bits per heavy atom. The van der Waals surface area contributed by atoms with Gasteiger partial charge in [0.05, 0.1) is 6.20 Å². The Morgan fingerprint density at radius 3 is 2.94 bits per heavy atom. The Balaban J connectivity index is 1.74. The van der Waals surface area contributed by atoms with Crippen molar-refractivity contribution in [2.45, 2.75) is 38.1 Å². The zero-order chi connectivity index (χ0) is 12.8. The van der Waals surface area contributed by atoms with Crippen LogP contribution in [0.15, 0.2) is 12.4 Å². The van der Waals surface area contributed by atoms with E-state index in [0.29, 0.717) is 6.04 Å². The third kappa shape index (κ3) is 4.30. The van der Waals surface area contributed by atoms with Crippen molar-refractivity contribution in [3.05, 3.63) is 18.0 Å². The van der Waals surface area contributed by atoms with E-state index in [2.05, 4.69) is 28.5 Å². The second kappa shape index (κ2) is 7.16. The molecule has 0 spiro atoms. The monoisotopic (exact) mass is 268 g/mol. The highest BCUT2D eigenvalue weighted by Crippen LogP contribution is 2.27. The van der Waals surface area contributed by atoms with E-state index in [9.17, 15) is 0 Å². The van der Waals surface area contributed by atoms with Gasteiger partial charge in [-0.2, -0.15) is 16.9 Å². The molecule has 1 saturated heterocycles. The lowest BCUT2D eigenvalue weighted by Crippen LogP contribution is -2.37. The van der Waals surface area contributed by atoms with Crippen LogP contribution in [0.2, 0.25) is 0 Å². The normalized spacial score (nSPS) is 19.0. The summed E-state index contributed by atoms with van der Waals surface area (Å²) in [4.78, 5) is 0. The highest BCUT2D eigenvalue weighted by molar-refractivity contribution is 7.99. The van der Waals surface area contributed by atoms with Crippen molar-refractivity contribution in [2.75, 3.05) is 11.5 Å². The van der Waals surface area contributed by atoms with Crippen molar-refractivity contribution >= 4 is 11.8 Å². The highest BCUT2D eigenvalue weighted by Gasteiger charge is 2.18. The van der Waals surface area contributed by atoms with Gasteiger partial charge in [0.25, 0.3) is 0 Å². The minimum atomic E-state index is 0.443. The minimum absolute atomic E-state index is 0.443. The van der Waals surface area contributed by atoms with Crippen LogP contribution in [0, 0.1) is 5.92 Å². The van der Waals surface area contributed by atoms with Gasteiger partial charge in [-0.25, -0.2) is 0 Å². The molecule has 1 fully saturated rings. The molecule has 0 radical (unpaired) electrons. The van der Waals surface area contributed by atoms with E-state index in [1.165, 1.54) is 36.3 Å². The lowest BCUT2D eigenvalue weighted by molar-refractivity contribution is 0.354. The molecule has 1 aromatic heterocycles. The van der Waals surface area contributed by atoms with Crippen molar-refractivity contribution in [1.82, 2.24) is 15.2 Å². The molecule has 0 amide bonds. The first-order chi connectivity index (χ1) is 8.78. The van der Waals surface area contributed by atoms with E-state index in [4.69, 9.17) is 5.84 Å². The molecule has 0 bridgehead atoms. The van der Waals surface area contributed by atoms with E-state index in [1.54, 1.807) is 0 Å². The average molecular weight is 268 g/mol. The van der Waals surface area contributed by atoms with Gasteiger partial charge in [0.2, 0.25) is 0 Å². The van der Waals surface area contributed by atoms with Crippen LogP contribution in [0.4, 0.5) is 0 Å². The molecule has 5 heteroatoms. The summed E-state index contributed by atoms with van der Waals surface area (Å²) >= 11 is 2.08. The number of aromatic nitrogens is 2. The van der Waals surface area contributed by atoms with Gasteiger partial charge in [-0.15, -0.1) is 0 Å². The van der Waals surface area contributed by atoms with E-state index in [1.807, 2.05) is 17.9 Å². The first-order valence-corrected chi connectivity index (χ1v) is 7.95. The zero-order valence-electron chi connectivity index (χ0n) is 11.1. The number of nitrogens with zero attached hydrogens (tertiary/aromatic N) is 2. The summed E-state index contributed by atoms with van der Waals surface area (Å²) in [5, 5.41) is 4.20. The summed E-state index contributed by atoms with van der Waals surface area (Å²) in [6.45, 7) is 0. The number of hydrazine groups is 1. The molecule has 4 nitrogen and oxygen atoms in total. The largest absolute Gasteiger partial charge is 0.276 e. The summed E-state index contributed by atoms with van der Waals surface area (Å²) in [5.41, 5.74) is 4.30. The summed E-state index contributed by atoms with van der Waals surface area (Å²) in [6.07, 6.45) is 10.1. The quantitative estimate of drug-likeness (QED) is 0.609. The predicted molar refractivity (Wildman–Crippen MR) is 77.3 cm³/mol. The number of hydrogen-bond acceptors (Lipinski definition) is 4. The molecular formula is C13H24N4S. The minimum Gasteiger partial charge on any atom is -0.276 e. The molecule has 1 aliphatic rings. The van der Waals surface area contributed by atoms with Gasteiger partial charge in [-0.05, 0) is 55.1 Å². The fourth-order valence-electron chi connectivity index (χ4n) is 2.60. The molecule has 2 rings (SSSR count). The van der Waals surface area contributed by atoms with Crippen LogP contribution in [-0.2, 0) is 13.5 Å². The zero-order valence-corrected chi connectivity index (χ0v) is 12.0. The topological polar surface area (TPSA) is 55.9 Å². The molecule has 1 aliphatic heterocycles. The van der Waals surface area contributed by atoms with Gasteiger partial charge in [0, 0.05) is 19.3 Å². The molecule has 18 heavy (non-hydrogen) atoms. The maximum absolute atomic E-state index is 5.68. The van der Waals surface area contributed by atoms with E-state index in [0.717, 1.165) is 18.8 Å². The third-order valence-corrected chi connectivity index (χ3v) is 4.78. The van der Waals surface area contributed by atoms with Gasteiger partial charge in [-0.1, -0.05) is 0 Å². The molecule has 0 saturated carbocycles. The summed E-state index contributed by atoms with van der Waals surface area (Å²) in [5.74, 6) is 9.19. The first kappa shape index (κ1) is 13.9. The van der Waals surface area contributed by atoms with Crippen molar-refractivity contribution in [3.63, 3.8) is 0 Å². The lowest BCUT2D eigenvalue weighted by Gasteiger charge is -2.25. The molecule has 0 aliphatic carbocycles. The second-order valence-corrected chi connectivity index (χ2v) is 6.44. The fourth-order valence-corrected chi connectivity index (χ4v) is 3.80. The Hall–Kier alpha value is -0.520. The summed E-state index contributed by atoms with van der Waals surface area (Å²) < 4.78 is 1.86. The van der Waals surface area contributed by atoms with Crippen LogP contribution >= 0.6 is 11.8 Å². The fraction of sp³-hybridized carbons (Fsp3) is 0.769. The van der Waals surface area contributed by atoms with Gasteiger partial charge >= 0.3 is 0 Å². The number of thioether (sulfide) groups is 1. The number of rotatable bonds is 6. The molecule has 2 heterocycles. The second-order valence-electron chi connectivity index (χ2n) is 5.22. The Kier molecular flexibility index (Phi) is 5.53. The summed E-state index contributed by atoms with van der Waals surface area (Å²) in [6, 6.07) is 0.443. The highest BCUT2D eigenvalue weighted by atomic mass is 32.2. The van der Waals surface area contributed by atoms with E-state index in [-0.39, 0.29) is 0 Å². The van der Waals surface area contributed by atoms with Crippen molar-refractivity contribution in [3.8, 4) is 0 Å². The molecule has 1 aromatic rings. The number of nitrogens with one attached hydrogen (secondary N) is 1. The molecule has 1 unspecified atom stereocenters. The number of hydrogen-bond donors (Lipinski definition) is 2. The first-order valence-electron chi connectivity index (χ1n) is 6.79. The Morgan fingerprint density at radius 2 is 2.33 bits per heavy atom. The molecule has 1 atom stereocenters. The van der Waals surface area contributed by atoms with Gasteiger partial charge < -0.3 is 0 Å². The maximum Gasteiger partial charge on any atom is 0.0521 e. The van der Waals surface area contributed by atoms with E-state index < -0.39 is 0 Å². The standard InChI is InChI=1S/C13H24N4S/c1-17-10-12(9-15-17)2-3-13(16-14)8-11-4-6-18-7-5-11/h9-11,13,16H,2-8,14H2,1H3. The third-order valence-electron chi connectivity index (χ3n) is 3.73. The van der Waals surface area contributed by atoms with Gasteiger partial charge in [-0.3, -0.25) is 16.0 Å². The van der Waals surface area contributed by atoms with Crippen LogP contribution in [0.25, 0.3) is 0 Å². The van der Waals surface area contributed by atoms with E-state index >= 15 is 0 Å². The van der Waals surface area contributed by atoms with Crippen LogP contribution in [-0.4, -0.2) is 27.3 Å². The lowest BCUT2D eigenvalue weighted by atomic mass is 9.92. The smallest absolute Gasteiger partial charge is 0.0521 e. The number of aryl methyl sites for hydroxylation is 2. The van der Waals surface area contributed by atoms with Gasteiger partial charge in [0.15, 0.2) is 0 Å². The average Bonchev–Trinajstić information content (AvgIpc) is 2.81. The van der Waals surface area contributed by atoms with Crippen LogP contribution in [0.3, 0.4) is 0 Å².